The predicted octanol–water partition coefficient (Wildman–Crippen LogP) is 0.454. The Hall–Kier alpha value is -1.14. The van der Waals surface area contributed by atoms with E-state index < -0.39 is 0 Å². The lowest BCUT2D eigenvalue weighted by Crippen LogP contribution is -2.48. The summed E-state index contributed by atoms with van der Waals surface area (Å²) in [6.07, 6.45) is 2.30. The van der Waals surface area contributed by atoms with Gasteiger partial charge < -0.3 is 15.3 Å². The van der Waals surface area contributed by atoms with Crippen LogP contribution in [0.5, 0.6) is 0 Å². The second-order valence-corrected chi connectivity index (χ2v) is 4.52. The van der Waals surface area contributed by atoms with Crippen LogP contribution in [0.4, 0.5) is 0 Å². The summed E-state index contributed by atoms with van der Waals surface area (Å²) < 4.78 is 4.93. The van der Waals surface area contributed by atoms with Crippen LogP contribution in [0.2, 0.25) is 0 Å². The van der Waals surface area contributed by atoms with Crippen molar-refractivity contribution in [3.05, 3.63) is 0 Å². The largest absolute Gasteiger partial charge is 0.411 e. The molecule has 2 N–H and O–H groups in total. The van der Waals surface area contributed by atoms with Crippen molar-refractivity contribution >= 4 is 11.6 Å². The van der Waals surface area contributed by atoms with Gasteiger partial charge in [0.1, 0.15) is 0 Å². The lowest BCUT2D eigenvalue weighted by molar-refractivity contribution is -0.126. The highest BCUT2D eigenvalue weighted by Gasteiger charge is 2.24. The Kier molecular flexibility index (Phi) is 6.67. The van der Waals surface area contributed by atoms with Crippen molar-refractivity contribution in [1.82, 2.24) is 10.2 Å². The van der Waals surface area contributed by atoms with Gasteiger partial charge in [-0.1, -0.05) is 5.16 Å². The van der Waals surface area contributed by atoms with Crippen LogP contribution in [0.25, 0.3) is 0 Å². The van der Waals surface area contributed by atoms with Crippen LogP contribution in [0.3, 0.4) is 0 Å². The predicted molar refractivity (Wildman–Crippen MR) is 69.0 cm³/mol. The highest BCUT2D eigenvalue weighted by Crippen LogP contribution is 2.10. The summed E-state index contributed by atoms with van der Waals surface area (Å²) in [5.41, 5.74) is 0.818. The number of piperidine rings is 1. The minimum absolute atomic E-state index is 0.0514. The minimum atomic E-state index is -0.132. The molecule has 0 bridgehead atoms. The number of likely N-dealkylation sites (tertiary alicyclic amines) is 1. The Morgan fingerprint density at radius 2 is 2.22 bits per heavy atom. The van der Waals surface area contributed by atoms with Gasteiger partial charge in [0, 0.05) is 46.2 Å². The third-order valence-electron chi connectivity index (χ3n) is 3.27. The summed E-state index contributed by atoms with van der Waals surface area (Å²) in [4.78, 5) is 14.0. The Morgan fingerprint density at radius 1 is 1.56 bits per heavy atom. The second kappa shape index (κ2) is 8.05. The van der Waals surface area contributed by atoms with Crippen molar-refractivity contribution in [3.63, 3.8) is 0 Å². The maximum Gasteiger partial charge on any atom is 0.237 e. The minimum Gasteiger partial charge on any atom is -0.411 e. The van der Waals surface area contributed by atoms with Gasteiger partial charge in [-0.05, 0) is 13.3 Å². The van der Waals surface area contributed by atoms with Gasteiger partial charge in [-0.2, -0.15) is 0 Å². The highest BCUT2D eigenvalue weighted by molar-refractivity contribution is 5.85. The molecule has 1 unspecified atom stereocenters. The van der Waals surface area contributed by atoms with Crippen molar-refractivity contribution in [2.45, 2.75) is 32.2 Å². The van der Waals surface area contributed by atoms with Crippen molar-refractivity contribution < 1.29 is 14.7 Å². The van der Waals surface area contributed by atoms with E-state index in [9.17, 15) is 4.79 Å². The van der Waals surface area contributed by atoms with Crippen LogP contribution in [0.15, 0.2) is 5.16 Å². The Morgan fingerprint density at radius 3 is 2.78 bits per heavy atom. The van der Waals surface area contributed by atoms with Crippen molar-refractivity contribution in [2.24, 2.45) is 5.16 Å². The normalized spacial score (nSPS) is 18.4. The second-order valence-electron chi connectivity index (χ2n) is 4.52. The molecule has 1 atom stereocenters. The maximum atomic E-state index is 11.9. The van der Waals surface area contributed by atoms with E-state index in [-0.39, 0.29) is 11.9 Å². The van der Waals surface area contributed by atoms with Crippen LogP contribution in [-0.2, 0) is 9.53 Å². The monoisotopic (exact) mass is 257 g/mol. The molecule has 104 valence electrons. The molecule has 1 aliphatic rings. The number of carbonyl (C=O) groups excluding carboxylic acids is 1. The molecule has 6 nitrogen and oxygen atoms in total. The van der Waals surface area contributed by atoms with E-state index in [2.05, 4.69) is 15.4 Å². The molecule has 1 rings (SSSR count). The average Bonchev–Trinajstić information content (AvgIpc) is 2.42. The number of nitrogens with one attached hydrogen (secondary N) is 1. The number of ether oxygens (including phenoxy) is 1. The molecule has 0 aromatic heterocycles. The standard InChI is InChI=1S/C12H23N3O3/c1-10(12(16)13-6-3-9-18-2)15-7-4-11(14-17)5-8-15/h10,17H,3-9H2,1-2H3,(H,13,16). The van der Waals surface area contributed by atoms with E-state index in [1.165, 1.54) is 0 Å². The lowest BCUT2D eigenvalue weighted by Gasteiger charge is -2.31. The molecule has 0 aromatic rings. The molecule has 1 saturated heterocycles. The summed E-state index contributed by atoms with van der Waals surface area (Å²) >= 11 is 0. The van der Waals surface area contributed by atoms with Crippen LogP contribution < -0.4 is 5.32 Å². The molecule has 6 heteroatoms. The molecule has 1 amide bonds. The lowest BCUT2D eigenvalue weighted by atomic mass is 10.1. The number of hydrogen-bond acceptors (Lipinski definition) is 5. The van der Waals surface area contributed by atoms with Gasteiger partial charge in [-0.25, -0.2) is 0 Å². The van der Waals surface area contributed by atoms with Crippen LogP contribution in [-0.4, -0.2) is 61.1 Å². The molecule has 18 heavy (non-hydrogen) atoms. The average molecular weight is 257 g/mol. The summed E-state index contributed by atoms with van der Waals surface area (Å²) in [7, 11) is 1.65. The summed E-state index contributed by atoms with van der Waals surface area (Å²) in [6.45, 7) is 4.76. The highest BCUT2D eigenvalue weighted by atomic mass is 16.5. The quantitative estimate of drug-likeness (QED) is 0.412. The molecular formula is C12H23N3O3. The zero-order chi connectivity index (χ0) is 13.4. The van der Waals surface area contributed by atoms with E-state index in [4.69, 9.17) is 9.94 Å². The van der Waals surface area contributed by atoms with E-state index in [0.29, 0.717) is 13.2 Å². The molecule has 0 aliphatic carbocycles. The van der Waals surface area contributed by atoms with E-state index in [1.807, 2.05) is 6.92 Å². The van der Waals surface area contributed by atoms with E-state index >= 15 is 0 Å². The van der Waals surface area contributed by atoms with Crippen LogP contribution in [0.1, 0.15) is 26.2 Å². The van der Waals surface area contributed by atoms with Gasteiger partial charge in [0.15, 0.2) is 0 Å². The first-order valence-electron chi connectivity index (χ1n) is 6.39. The molecule has 0 aromatic carbocycles. The smallest absolute Gasteiger partial charge is 0.237 e. The summed E-state index contributed by atoms with van der Waals surface area (Å²) in [5, 5.41) is 14.8. The van der Waals surface area contributed by atoms with Gasteiger partial charge in [-0.3, -0.25) is 9.69 Å². The number of methoxy groups -OCH3 is 1. The third-order valence-corrected chi connectivity index (χ3v) is 3.27. The first-order chi connectivity index (χ1) is 8.69. The van der Waals surface area contributed by atoms with E-state index in [1.54, 1.807) is 7.11 Å². The Bertz CT molecular complexity index is 284. The maximum absolute atomic E-state index is 11.9. The fourth-order valence-electron chi connectivity index (χ4n) is 2.01. The van der Waals surface area contributed by atoms with E-state index in [0.717, 1.165) is 38.1 Å². The topological polar surface area (TPSA) is 74.2 Å². The van der Waals surface area contributed by atoms with Gasteiger partial charge in [0.25, 0.3) is 0 Å². The number of oxime groups is 1. The molecule has 1 heterocycles. The number of amides is 1. The molecule has 0 saturated carbocycles. The fraction of sp³-hybridized carbons (Fsp3) is 0.833. The zero-order valence-electron chi connectivity index (χ0n) is 11.2. The third kappa shape index (κ3) is 4.62. The molecule has 0 spiro atoms. The van der Waals surface area contributed by atoms with Crippen LogP contribution in [0, 0.1) is 0 Å². The first kappa shape index (κ1) is 14.9. The number of nitrogens with zero attached hydrogens (tertiary/aromatic N) is 2. The van der Waals surface area contributed by atoms with Crippen molar-refractivity contribution in [2.75, 3.05) is 33.4 Å². The number of carbonyl (C=O) groups is 1. The number of rotatable bonds is 6. The van der Waals surface area contributed by atoms with Gasteiger partial charge >= 0.3 is 0 Å². The number of hydrogen-bond donors (Lipinski definition) is 2. The Labute approximate surface area is 108 Å². The zero-order valence-corrected chi connectivity index (χ0v) is 11.2. The Balaban J connectivity index is 2.26. The molecular weight excluding hydrogens is 234 g/mol. The summed E-state index contributed by atoms with van der Waals surface area (Å²) in [5.74, 6) is 0.0514. The molecule has 1 aliphatic heterocycles. The van der Waals surface area contributed by atoms with Crippen LogP contribution >= 0.6 is 0 Å². The first-order valence-corrected chi connectivity index (χ1v) is 6.39. The van der Waals surface area contributed by atoms with Crippen molar-refractivity contribution in [3.8, 4) is 0 Å². The van der Waals surface area contributed by atoms with Gasteiger partial charge in [0.2, 0.25) is 5.91 Å². The molecule has 1 fully saturated rings. The SMILES string of the molecule is COCCCNC(=O)C(C)N1CCC(=NO)CC1. The van der Waals surface area contributed by atoms with Gasteiger partial charge in [-0.15, -0.1) is 0 Å². The van der Waals surface area contributed by atoms with Crippen molar-refractivity contribution in [1.29, 1.82) is 0 Å². The fourth-order valence-corrected chi connectivity index (χ4v) is 2.01. The molecule has 0 radical (unpaired) electrons. The summed E-state index contributed by atoms with van der Waals surface area (Å²) in [6, 6.07) is -0.132. The van der Waals surface area contributed by atoms with Gasteiger partial charge in [0.05, 0.1) is 11.8 Å².